The summed E-state index contributed by atoms with van der Waals surface area (Å²) in [6.07, 6.45) is 1.81. The van der Waals surface area contributed by atoms with Crippen LogP contribution in [0.15, 0.2) is 42.6 Å². The van der Waals surface area contributed by atoms with E-state index < -0.39 is 5.82 Å². The summed E-state index contributed by atoms with van der Waals surface area (Å²) in [5.41, 5.74) is 2.65. The summed E-state index contributed by atoms with van der Waals surface area (Å²) in [7, 11) is 4.02. The summed E-state index contributed by atoms with van der Waals surface area (Å²) in [6.45, 7) is 3.67. The molecule has 0 bridgehead atoms. The molecule has 1 aromatic heterocycles. The molecule has 1 fully saturated rings. The molecule has 1 aliphatic rings. The minimum absolute atomic E-state index is 0.344. The van der Waals surface area contributed by atoms with E-state index >= 15 is 0 Å². The quantitative estimate of drug-likeness (QED) is 0.745. The third-order valence-corrected chi connectivity index (χ3v) is 5.04. The van der Waals surface area contributed by atoms with Crippen molar-refractivity contribution in [1.29, 1.82) is 0 Å². The molecule has 2 heterocycles. The highest BCUT2D eigenvalue weighted by molar-refractivity contribution is 6.03. The van der Waals surface area contributed by atoms with Gasteiger partial charge in [-0.3, -0.25) is 0 Å². The molecule has 0 atom stereocenters. The highest BCUT2D eigenvalue weighted by atomic mass is 19.1. The van der Waals surface area contributed by atoms with Gasteiger partial charge in [-0.15, -0.1) is 0 Å². The van der Waals surface area contributed by atoms with Crippen LogP contribution >= 0.6 is 0 Å². The van der Waals surface area contributed by atoms with Crippen LogP contribution in [0.1, 0.15) is 0 Å². The Balaban J connectivity index is 1.92. The Labute approximate surface area is 158 Å². The van der Waals surface area contributed by atoms with E-state index in [2.05, 4.69) is 33.3 Å². The van der Waals surface area contributed by atoms with Crippen molar-refractivity contribution in [3.63, 3.8) is 0 Å². The lowest BCUT2D eigenvalue weighted by Crippen LogP contribution is -2.44. The first kappa shape index (κ1) is 17.5. The second-order valence-corrected chi connectivity index (χ2v) is 7.02. The van der Waals surface area contributed by atoms with Crippen LogP contribution in [0.2, 0.25) is 0 Å². The maximum absolute atomic E-state index is 13.9. The van der Waals surface area contributed by atoms with Crippen molar-refractivity contribution < 1.29 is 9.50 Å². The van der Waals surface area contributed by atoms with Crippen LogP contribution in [0.5, 0.6) is 5.75 Å². The Hall–Kier alpha value is -2.86. The van der Waals surface area contributed by atoms with Crippen LogP contribution in [-0.2, 0) is 0 Å². The number of nitrogens with one attached hydrogen (secondary N) is 1. The lowest BCUT2D eigenvalue weighted by Gasteiger charge is -2.30. The number of rotatable bonds is 3. The molecule has 2 aromatic carbocycles. The number of hydrogen-bond acceptors (Lipinski definition) is 5. The molecule has 0 amide bonds. The van der Waals surface area contributed by atoms with Gasteiger partial charge in [0.2, 0.25) is 0 Å². The van der Waals surface area contributed by atoms with Gasteiger partial charge in [0.15, 0.2) is 11.6 Å². The number of anilines is 2. The van der Waals surface area contributed by atoms with Crippen molar-refractivity contribution in [2.24, 2.45) is 0 Å². The van der Waals surface area contributed by atoms with Gasteiger partial charge in [-0.2, -0.15) is 0 Å². The predicted octanol–water partition coefficient (Wildman–Crippen LogP) is 3.22. The molecule has 6 heteroatoms. The van der Waals surface area contributed by atoms with Gasteiger partial charge in [0.25, 0.3) is 0 Å². The van der Waals surface area contributed by atoms with E-state index in [0.29, 0.717) is 5.56 Å². The number of pyridine rings is 1. The van der Waals surface area contributed by atoms with Gasteiger partial charge in [-0.05, 0) is 35.2 Å². The Morgan fingerprint density at radius 2 is 1.85 bits per heavy atom. The van der Waals surface area contributed by atoms with Crippen LogP contribution in [0, 0.1) is 5.82 Å². The first-order chi connectivity index (χ1) is 13.0. The monoisotopic (exact) mass is 366 g/mol. The molecule has 0 unspecified atom stereocenters. The standard InChI is InChI=1S/C21H23FN4O/c1-25(2)15-4-5-16-17(12-15)21(26-9-7-23-8-10-26)24-13-18(16)14-3-6-20(27)19(22)11-14/h3-6,11-13,23,27H,7-10H2,1-2H3. The van der Waals surface area contributed by atoms with E-state index in [0.717, 1.165) is 54.0 Å². The first-order valence-electron chi connectivity index (χ1n) is 9.09. The Bertz CT molecular complexity index is 983. The molecule has 1 saturated heterocycles. The minimum Gasteiger partial charge on any atom is -0.505 e. The molecule has 1 aliphatic heterocycles. The number of benzene rings is 2. The van der Waals surface area contributed by atoms with Gasteiger partial charge in [-0.1, -0.05) is 12.1 Å². The van der Waals surface area contributed by atoms with Gasteiger partial charge in [0.05, 0.1) is 0 Å². The molecule has 0 aliphatic carbocycles. The van der Waals surface area contributed by atoms with E-state index in [9.17, 15) is 9.50 Å². The fourth-order valence-corrected chi connectivity index (χ4v) is 3.53. The fourth-order valence-electron chi connectivity index (χ4n) is 3.53. The van der Waals surface area contributed by atoms with Crippen LogP contribution in [0.25, 0.3) is 21.9 Å². The third-order valence-electron chi connectivity index (χ3n) is 5.04. The second kappa shape index (κ2) is 7.04. The number of piperazine rings is 1. The number of phenolic OH excluding ortho intramolecular Hbond substituents is 1. The smallest absolute Gasteiger partial charge is 0.165 e. The lowest BCUT2D eigenvalue weighted by molar-refractivity contribution is 0.432. The normalized spacial score (nSPS) is 14.6. The zero-order valence-electron chi connectivity index (χ0n) is 15.5. The topological polar surface area (TPSA) is 51.6 Å². The van der Waals surface area contributed by atoms with Crippen LogP contribution in [0.3, 0.4) is 0 Å². The molecule has 5 nitrogen and oxygen atoms in total. The first-order valence-corrected chi connectivity index (χ1v) is 9.09. The zero-order chi connectivity index (χ0) is 19.0. The Morgan fingerprint density at radius 3 is 2.56 bits per heavy atom. The van der Waals surface area contributed by atoms with Crippen molar-refractivity contribution in [1.82, 2.24) is 10.3 Å². The summed E-state index contributed by atoms with van der Waals surface area (Å²) in [5, 5.41) is 14.9. The Morgan fingerprint density at radius 1 is 1.07 bits per heavy atom. The summed E-state index contributed by atoms with van der Waals surface area (Å²) >= 11 is 0. The van der Waals surface area contributed by atoms with Crippen molar-refractivity contribution >= 4 is 22.3 Å². The van der Waals surface area contributed by atoms with E-state index in [1.807, 2.05) is 14.1 Å². The number of nitrogens with zero attached hydrogens (tertiary/aromatic N) is 3. The number of aromatic nitrogens is 1. The average Bonchev–Trinajstić information content (AvgIpc) is 2.69. The molecule has 2 N–H and O–H groups in total. The number of phenols is 1. The van der Waals surface area contributed by atoms with E-state index in [-0.39, 0.29) is 5.75 Å². The molecule has 0 spiro atoms. The van der Waals surface area contributed by atoms with Crippen molar-refractivity contribution in [2.45, 2.75) is 0 Å². The molecule has 3 aromatic rings. The number of halogens is 1. The summed E-state index contributed by atoms with van der Waals surface area (Å²) in [4.78, 5) is 9.11. The van der Waals surface area contributed by atoms with Gasteiger partial charge in [0, 0.05) is 63.1 Å². The highest BCUT2D eigenvalue weighted by Crippen LogP contribution is 2.36. The van der Waals surface area contributed by atoms with E-state index in [4.69, 9.17) is 4.98 Å². The van der Waals surface area contributed by atoms with Gasteiger partial charge in [0.1, 0.15) is 5.82 Å². The van der Waals surface area contributed by atoms with Crippen LogP contribution in [-0.4, -0.2) is 50.4 Å². The van der Waals surface area contributed by atoms with Crippen LogP contribution in [0.4, 0.5) is 15.9 Å². The third kappa shape index (κ3) is 3.28. The zero-order valence-corrected chi connectivity index (χ0v) is 15.5. The average molecular weight is 366 g/mol. The lowest BCUT2D eigenvalue weighted by atomic mass is 9.99. The highest BCUT2D eigenvalue weighted by Gasteiger charge is 2.18. The molecule has 27 heavy (non-hydrogen) atoms. The maximum Gasteiger partial charge on any atom is 0.165 e. The van der Waals surface area contributed by atoms with Gasteiger partial charge in [-0.25, -0.2) is 9.37 Å². The van der Waals surface area contributed by atoms with Crippen molar-refractivity contribution in [2.75, 3.05) is 50.1 Å². The summed E-state index contributed by atoms with van der Waals surface area (Å²) < 4.78 is 13.9. The molecular formula is C21H23FN4O. The Kier molecular flexibility index (Phi) is 4.58. The predicted molar refractivity (Wildman–Crippen MR) is 108 cm³/mol. The molecule has 140 valence electrons. The van der Waals surface area contributed by atoms with Gasteiger partial charge >= 0.3 is 0 Å². The molecule has 0 radical (unpaired) electrons. The van der Waals surface area contributed by atoms with Crippen molar-refractivity contribution in [3.8, 4) is 16.9 Å². The van der Waals surface area contributed by atoms with E-state index in [1.165, 1.54) is 12.1 Å². The maximum atomic E-state index is 13.9. The SMILES string of the molecule is CN(C)c1ccc2c(-c3ccc(O)c(F)c3)cnc(N3CCNCC3)c2c1. The molecular weight excluding hydrogens is 343 g/mol. The number of aromatic hydroxyl groups is 1. The minimum atomic E-state index is -0.628. The fraction of sp³-hybridized carbons (Fsp3) is 0.286. The van der Waals surface area contributed by atoms with E-state index in [1.54, 1.807) is 12.3 Å². The molecule has 4 rings (SSSR count). The summed E-state index contributed by atoms with van der Waals surface area (Å²) in [5.74, 6) is -0.0155. The summed E-state index contributed by atoms with van der Waals surface area (Å²) in [6, 6.07) is 10.7. The van der Waals surface area contributed by atoms with Gasteiger partial charge < -0.3 is 20.2 Å². The second-order valence-electron chi connectivity index (χ2n) is 7.02. The number of fused-ring (bicyclic) bond motifs is 1. The molecule has 0 saturated carbocycles. The largest absolute Gasteiger partial charge is 0.505 e. The number of hydrogen-bond donors (Lipinski definition) is 2. The van der Waals surface area contributed by atoms with Crippen LogP contribution < -0.4 is 15.1 Å². The van der Waals surface area contributed by atoms with Crippen molar-refractivity contribution in [3.05, 3.63) is 48.4 Å².